The number of hydrogen-bond acceptors (Lipinski definition) is 0. The summed E-state index contributed by atoms with van der Waals surface area (Å²) in [6.45, 7) is 44.8. The van der Waals surface area contributed by atoms with Gasteiger partial charge in [0.05, 0.1) is 0 Å². The quantitative estimate of drug-likeness (QED) is 0.274. The van der Waals surface area contributed by atoms with Gasteiger partial charge < -0.3 is 0 Å². The third-order valence-electron chi connectivity index (χ3n) is 13.3. The average Bonchev–Trinajstić information content (AvgIpc) is 2.88. The summed E-state index contributed by atoms with van der Waals surface area (Å²) in [7, 11) is 0. The zero-order chi connectivity index (χ0) is 32.8. The van der Waals surface area contributed by atoms with Gasteiger partial charge in [-0.15, -0.1) is 13.2 Å². The Morgan fingerprint density at radius 2 is 0.810 bits per heavy atom. The molecule has 0 aromatic heterocycles. The standard InChI is InChI=1S/2C11H20.2C10H18/c2*1-6-9-7-10(8(2)3)11(9,4)5;2*1-5-8-7-9(6-2)10(8,3)4/h2*9H,6-7H2,1-5H3;2*5,8-9H,1,6-7H2,2-4H3. The summed E-state index contributed by atoms with van der Waals surface area (Å²) in [6, 6.07) is 0. The van der Waals surface area contributed by atoms with Crippen molar-refractivity contribution in [2.45, 2.75) is 162 Å². The van der Waals surface area contributed by atoms with Crippen LogP contribution in [0.3, 0.4) is 0 Å². The molecule has 0 bridgehead atoms. The summed E-state index contributed by atoms with van der Waals surface area (Å²) >= 11 is 0. The fourth-order valence-corrected chi connectivity index (χ4v) is 9.06. The van der Waals surface area contributed by atoms with Crippen molar-refractivity contribution in [3.8, 4) is 0 Å². The van der Waals surface area contributed by atoms with E-state index in [0.717, 1.165) is 35.5 Å². The van der Waals surface area contributed by atoms with Gasteiger partial charge in [0, 0.05) is 0 Å². The molecule has 0 N–H and O–H groups in total. The predicted octanol–water partition coefficient (Wildman–Crippen LogP) is 14.0. The van der Waals surface area contributed by atoms with Crippen LogP contribution in [0.25, 0.3) is 0 Å². The maximum atomic E-state index is 3.85. The summed E-state index contributed by atoms with van der Waals surface area (Å²) in [5.41, 5.74) is 8.57. The molecule has 0 radical (unpaired) electrons. The molecule has 0 aliphatic heterocycles. The average molecular weight is 581 g/mol. The van der Waals surface area contributed by atoms with Crippen molar-refractivity contribution in [3.05, 3.63) is 47.6 Å². The van der Waals surface area contributed by atoms with Gasteiger partial charge in [-0.2, -0.15) is 0 Å². The van der Waals surface area contributed by atoms with Crippen LogP contribution in [0.15, 0.2) is 47.6 Å². The maximum absolute atomic E-state index is 3.85. The second kappa shape index (κ2) is 15.3. The summed E-state index contributed by atoms with van der Waals surface area (Å²) in [5.74, 6) is 5.31. The number of hydrogen-bond donors (Lipinski definition) is 0. The van der Waals surface area contributed by atoms with Crippen LogP contribution in [0.4, 0.5) is 0 Å². The first-order valence-electron chi connectivity index (χ1n) is 17.8. The minimum atomic E-state index is 0.508. The van der Waals surface area contributed by atoms with Gasteiger partial charge in [-0.25, -0.2) is 0 Å². The zero-order valence-electron chi connectivity index (χ0n) is 31.7. The van der Waals surface area contributed by atoms with E-state index in [0.29, 0.717) is 21.7 Å². The smallest absolute Gasteiger partial charge is 0.0111 e. The molecule has 244 valence electrons. The predicted molar refractivity (Wildman–Crippen MR) is 193 cm³/mol. The first kappa shape index (κ1) is 39.0. The fourth-order valence-electron chi connectivity index (χ4n) is 9.06. The van der Waals surface area contributed by atoms with E-state index >= 15 is 0 Å². The zero-order valence-corrected chi connectivity index (χ0v) is 31.7. The number of rotatable bonds is 6. The van der Waals surface area contributed by atoms with Gasteiger partial charge in [-0.1, -0.05) is 143 Å². The Bertz CT molecular complexity index is 859. The van der Waals surface area contributed by atoms with Crippen LogP contribution >= 0.6 is 0 Å². The molecular formula is C42H76. The van der Waals surface area contributed by atoms with Gasteiger partial charge in [0.25, 0.3) is 0 Å². The fraction of sp³-hybridized carbons (Fsp3) is 0.810. The van der Waals surface area contributed by atoms with Crippen molar-refractivity contribution in [3.63, 3.8) is 0 Å². The molecule has 4 aliphatic carbocycles. The van der Waals surface area contributed by atoms with Gasteiger partial charge in [0.1, 0.15) is 0 Å². The van der Waals surface area contributed by atoms with E-state index in [9.17, 15) is 0 Å². The number of allylic oxidation sites excluding steroid dienone is 6. The molecule has 4 saturated carbocycles. The van der Waals surface area contributed by atoms with E-state index in [-0.39, 0.29) is 0 Å². The van der Waals surface area contributed by atoms with Crippen LogP contribution < -0.4 is 0 Å². The normalized spacial score (nSPS) is 32.2. The van der Waals surface area contributed by atoms with E-state index in [1.165, 1.54) is 51.4 Å². The van der Waals surface area contributed by atoms with Crippen LogP contribution in [-0.4, -0.2) is 0 Å². The Labute approximate surface area is 266 Å². The minimum Gasteiger partial charge on any atom is -0.103 e. The van der Waals surface area contributed by atoms with Crippen LogP contribution in [0.2, 0.25) is 0 Å². The molecule has 0 spiro atoms. The molecule has 0 amide bonds. The summed E-state index contributed by atoms with van der Waals surface area (Å²) in [5, 5.41) is 0. The molecule has 0 nitrogen and oxygen atoms in total. The Kier molecular flexibility index (Phi) is 14.2. The Morgan fingerprint density at radius 3 is 0.952 bits per heavy atom. The van der Waals surface area contributed by atoms with Crippen molar-refractivity contribution >= 4 is 0 Å². The lowest BCUT2D eigenvalue weighted by Crippen LogP contribution is -2.43. The monoisotopic (exact) mass is 581 g/mol. The van der Waals surface area contributed by atoms with Crippen LogP contribution in [0.1, 0.15) is 162 Å². The van der Waals surface area contributed by atoms with Crippen LogP contribution in [-0.2, 0) is 0 Å². The van der Waals surface area contributed by atoms with Gasteiger partial charge in [0.2, 0.25) is 0 Å². The Hall–Kier alpha value is -1.04. The molecule has 0 heteroatoms. The van der Waals surface area contributed by atoms with E-state index < -0.39 is 0 Å². The lowest BCUT2D eigenvalue weighted by atomic mass is 9.54. The Balaban J connectivity index is 0.000000280. The second-order valence-corrected chi connectivity index (χ2v) is 17.0. The molecule has 0 aromatic carbocycles. The summed E-state index contributed by atoms with van der Waals surface area (Å²) in [6.07, 6.45) is 15.0. The second-order valence-electron chi connectivity index (χ2n) is 17.0. The van der Waals surface area contributed by atoms with Crippen molar-refractivity contribution in [1.29, 1.82) is 0 Å². The molecule has 4 fully saturated rings. The van der Waals surface area contributed by atoms with E-state index in [1.54, 1.807) is 22.3 Å². The molecule has 4 aliphatic rings. The molecule has 42 heavy (non-hydrogen) atoms. The van der Waals surface area contributed by atoms with Gasteiger partial charge in [-0.3, -0.25) is 0 Å². The molecular weight excluding hydrogens is 504 g/mol. The van der Waals surface area contributed by atoms with Crippen molar-refractivity contribution in [1.82, 2.24) is 0 Å². The first-order chi connectivity index (χ1) is 19.2. The molecule has 0 heterocycles. The highest BCUT2D eigenvalue weighted by molar-refractivity contribution is 5.28. The molecule has 6 unspecified atom stereocenters. The highest BCUT2D eigenvalue weighted by Gasteiger charge is 2.46. The third-order valence-corrected chi connectivity index (χ3v) is 13.3. The van der Waals surface area contributed by atoms with Crippen molar-refractivity contribution in [2.75, 3.05) is 0 Å². The van der Waals surface area contributed by atoms with Crippen molar-refractivity contribution < 1.29 is 0 Å². The summed E-state index contributed by atoms with van der Waals surface area (Å²) in [4.78, 5) is 0. The minimum absolute atomic E-state index is 0.508. The lowest BCUT2D eigenvalue weighted by molar-refractivity contribution is 0.00945. The van der Waals surface area contributed by atoms with Crippen LogP contribution in [0.5, 0.6) is 0 Å². The van der Waals surface area contributed by atoms with Crippen molar-refractivity contribution in [2.24, 2.45) is 57.2 Å². The Morgan fingerprint density at radius 1 is 0.548 bits per heavy atom. The van der Waals surface area contributed by atoms with E-state index in [1.807, 2.05) is 0 Å². The van der Waals surface area contributed by atoms with E-state index in [2.05, 4.69) is 136 Å². The molecule has 0 saturated heterocycles. The van der Waals surface area contributed by atoms with Gasteiger partial charge in [0.15, 0.2) is 0 Å². The highest BCUT2D eigenvalue weighted by atomic mass is 14.5. The van der Waals surface area contributed by atoms with E-state index in [4.69, 9.17) is 0 Å². The van der Waals surface area contributed by atoms with Gasteiger partial charge in [-0.05, 0) is 111 Å². The lowest BCUT2D eigenvalue weighted by Gasteiger charge is -2.51. The molecule has 6 atom stereocenters. The SMILES string of the molecule is C=CC1CC(CC)C1(C)C.C=CC1CC(CC)C1(C)C.CCC1CC(=C(C)C)C1(C)C.CCC1CC(=C(C)C)C1(C)C. The van der Waals surface area contributed by atoms with Crippen LogP contribution in [0, 0.1) is 57.2 Å². The molecule has 0 aromatic rings. The maximum Gasteiger partial charge on any atom is -0.0111 e. The third kappa shape index (κ3) is 8.16. The highest BCUT2D eigenvalue weighted by Crippen LogP contribution is 2.55. The first-order valence-corrected chi connectivity index (χ1v) is 17.8. The topological polar surface area (TPSA) is 0 Å². The largest absolute Gasteiger partial charge is 0.103 e. The molecule has 4 rings (SSSR count). The van der Waals surface area contributed by atoms with Gasteiger partial charge >= 0.3 is 0 Å². The summed E-state index contributed by atoms with van der Waals surface area (Å²) < 4.78 is 0.